The van der Waals surface area contributed by atoms with Gasteiger partial charge in [0.25, 0.3) is 0 Å². The molecule has 1 aliphatic carbocycles. The number of rotatable bonds is 4. The summed E-state index contributed by atoms with van der Waals surface area (Å²) >= 11 is 0. The number of benzene rings is 1. The van der Waals surface area contributed by atoms with E-state index < -0.39 is 0 Å². The van der Waals surface area contributed by atoms with E-state index in [2.05, 4.69) is 5.32 Å². The summed E-state index contributed by atoms with van der Waals surface area (Å²) < 4.78 is 10.5. The first-order chi connectivity index (χ1) is 8.74. The van der Waals surface area contributed by atoms with E-state index in [9.17, 15) is 5.11 Å². The summed E-state index contributed by atoms with van der Waals surface area (Å²) in [7, 11) is 3.31. The second-order valence-electron chi connectivity index (χ2n) is 4.70. The molecule has 0 radical (unpaired) electrons. The molecule has 0 spiro atoms. The van der Waals surface area contributed by atoms with Crippen LogP contribution >= 0.6 is 0 Å². The Hall–Kier alpha value is -1.42. The van der Waals surface area contributed by atoms with Crippen LogP contribution in [0, 0.1) is 0 Å². The molecule has 1 saturated carbocycles. The molecule has 1 fully saturated rings. The van der Waals surface area contributed by atoms with Crippen molar-refractivity contribution in [3.63, 3.8) is 0 Å². The third-order valence-electron chi connectivity index (χ3n) is 3.54. The predicted octanol–water partition coefficient (Wildman–Crippen LogP) is 2.77. The van der Waals surface area contributed by atoms with Crippen molar-refractivity contribution in [1.82, 2.24) is 0 Å². The molecule has 0 heterocycles. The largest absolute Gasteiger partial charge is 0.504 e. The van der Waals surface area contributed by atoms with E-state index in [0.717, 1.165) is 18.5 Å². The Balaban J connectivity index is 2.05. The van der Waals surface area contributed by atoms with Gasteiger partial charge in [0.05, 0.1) is 19.3 Å². The van der Waals surface area contributed by atoms with Crippen molar-refractivity contribution in [3.05, 3.63) is 18.2 Å². The zero-order valence-corrected chi connectivity index (χ0v) is 11.0. The third kappa shape index (κ3) is 2.88. The van der Waals surface area contributed by atoms with Crippen molar-refractivity contribution in [2.75, 3.05) is 19.5 Å². The van der Waals surface area contributed by atoms with E-state index in [0.29, 0.717) is 11.8 Å². The standard InChI is InChI=1S/C14H21NO3/c1-17-13-6-4-3-5-11(13)15-10-7-8-14(18-2)12(16)9-10/h7-9,11,13,15-16H,3-6H2,1-2H3. The highest BCUT2D eigenvalue weighted by Crippen LogP contribution is 2.30. The number of nitrogens with one attached hydrogen (secondary N) is 1. The van der Waals surface area contributed by atoms with Gasteiger partial charge in [-0.1, -0.05) is 12.8 Å². The molecule has 0 amide bonds. The van der Waals surface area contributed by atoms with Crippen LogP contribution in [0.15, 0.2) is 18.2 Å². The molecule has 1 aromatic carbocycles. The second kappa shape index (κ2) is 5.96. The fourth-order valence-corrected chi connectivity index (χ4v) is 2.54. The number of ether oxygens (including phenoxy) is 2. The summed E-state index contributed by atoms with van der Waals surface area (Å²) in [4.78, 5) is 0. The number of phenols is 1. The van der Waals surface area contributed by atoms with Gasteiger partial charge in [-0.15, -0.1) is 0 Å². The summed E-state index contributed by atoms with van der Waals surface area (Å²) in [6.45, 7) is 0. The molecule has 0 aliphatic heterocycles. The molecular formula is C14H21NO3. The zero-order valence-electron chi connectivity index (χ0n) is 11.0. The van der Waals surface area contributed by atoms with Gasteiger partial charge in [-0.05, 0) is 25.0 Å². The van der Waals surface area contributed by atoms with Gasteiger partial charge in [-0.25, -0.2) is 0 Å². The monoisotopic (exact) mass is 251 g/mol. The topological polar surface area (TPSA) is 50.7 Å². The number of methoxy groups -OCH3 is 2. The lowest BCUT2D eigenvalue weighted by Gasteiger charge is -2.31. The lowest BCUT2D eigenvalue weighted by atomic mass is 9.92. The summed E-state index contributed by atoms with van der Waals surface area (Å²) in [5, 5.41) is 13.2. The predicted molar refractivity (Wildman–Crippen MR) is 71.3 cm³/mol. The Morgan fingerprint density at radius 2 is 2.00 bits per heavy atom. The van der Waals surface area contributed by atoms with Gasteiger partial charge < -0.3 is 19.9 Å². The molecule has 2 N–H and O–H groups in total. The number of phenolic OH excluding ortho intramolecular Hbond substituents is 1. The van der Waals surface area contributed by atoms with Crippen LogP contribution < -0.4 is 10.1 Å². The molecule has 2 rings (SSSR count). The van der Waals surface area contributed by atoms with E-state index in [1.54, 1.807) is 26.4 Å². The van der Waals surface area contributed by atoms with Crippen LogP contribution in [0.25, 0.3) is 0 Å². The SMILES string of the molecule is COc1ccc(NC2CCCCC2OC)cc1O. The molecule has 0 bridgehead atoms. The third-order valence-corrected chi connectivity index (χ3v) is 3.54. The first kappa shape index (κ1) is 13.0. The molecule has 100 valence electrons. The molecule has 2 atom stereocenters. The van der Waals surface area contributed by atoms with Gasteiger partial charge in [0.15, 0.2) is 11.5 Å². The van der Waals surface area contributed by atoms with Gasteiger partial charge in [0.1, 0.15) is 0 Å². The summed E-state index contributed by atoms with van der Waals surface area (Å²) in [6.07, 6.45) is 4.90. The highest BCUT2D eigenvalue weighted by Gasteiger charge is 2.24. The van der Waals surface area contributed by atoms with Crippen LogP contribution in [0.3, 0.4) is 0 Å². The maximum atomic E-state index is 9.75. The zero-order chi connectivity index (χ0) is 13.0. The van der Waals surface area contributed by atoms with Crippen molar-refractivity contribution in [3.8, 4) is 11.5 Å². The molecule has 4 nitrogen and oxygen atoms in total. The van der Waals surface area contributed by atoms with E-state index in [-0.39, 0.29) is 11.9 Å². The highest BCUT2D eigenvalue weighted by atomic mass is 16.5. The van der Waals surface area contributed by atoms with Crippen molar-refractivity contribution < 1.29 is 14.6 Å². The Morgan fingerprint density at radius 1 is 1.22 bits per heavy atom. The Bertz CT molecular complexity index is 395. The highest BCUT2D eigenvalue weighted by molar-refractivity contribution is 5.54. The van der Waals surface area contributed by atoms with Crippen molar-refractivity contribution in [1.29, 1.82) is 0 Å². The van der Waals surface area contributed by atoms with Crippen molar-refractivity contribution in [2.24, 2.45) is 0 Å². The minimum atomic E-state index is 0.160. The lowest BCUT2D eigenvalue weighted by molar-refractivity contribution is 0.0606. The first-order valence-corrected chi connectivity index (χ1v) is 6.41. The van der Waals surface area contributed by atoms with Crippen LogP contribution in [0.5, 0.6) is 11.5 Å². The Labute approximate surface area is 108 Å². The fraction of sp³-hybridized carbons (Fsp3) is 0.571. The number of hydrogen-bond donors (Lipinski definition) is 2. The van der Waals surface area contributed by atoms with E-state index in [4.69, 9.17) is 9.47 Å². The van der Waals surface area contributed by atoms with Crippen LogP contribution in [0.2, 0.25) is 0 Å². The van der Waals surface area contributed by atoms with Gasteiger partial charge in [-0.3, -0.25) is 0 Å². The van der Waals surface area contributed by atoms with Crippen LogP contribution in [-0.4, -0.2) is 31.5 Å². The minimum absolute atomic E-state index is 0.160. The number of anilines is 1. The average molecular weight is 251 g/mol. The maximum Gasteiger partial charge on any atom is 0.160 e. The molecule has 2 unspecified atom stereocenters. The number of hydrogen-bond acceptors (Lipinski definition) is 4. The fourth-order valence-electron chi connectivity index (χ4n) is 2.54. The summed E-state index contributed by atoms with van der Waals surface area (Å²) in [5.41, 5.74) is 0.905. The van der Waals surface area contributed by atoms with Crippen molar-refractivity contribution >= 4 is 5.69 Å². The smallest absolute Gasteiger partial charge is 0.160 e. The first-order valence-electron chi connectivity index (χ1n) is 6.41. The van der Waals surface area contributed by atoms with E-state index in [1.165, 1.54) is 12.8 Å². The van der Waals surface area contributed by atoms with Crippen LogP contribution in [0.1, 0.15) is 25.7 Å². The average Bonchev–Trinajstić information content (AvgIpc) is 2.39. The van der Waals surface area contributed by atoms with Gasteiger partial charge in [0, 0.05) is 18.9 Å². The quantitative estimate of drug-likeness (QED) is 0.864. The molecule has 1 aliphatic rings. The van der Waals surface area contributed by atoms with Crippen LogP contribution in [-0.2, 0) is 4.74 Å². The van der Waals surface area contributed by atoms with Crippen molar-refractivity contribution in [2.45, 2.75) is 37.8 Å². The molecule has 1 aromatic rings. The van der Waals surface area contributed by atoms with Gasteiger partial charge >= 0.3 is 0 Å². The second-order valence-corrected chi connectivity index (χ2v) is 4.70. The summed E-state index contributed by atoms with van der Waals surface area (Å²) in [6, 6.07) is 5.69. The minimum Gasteiger partial charge on any atom is -0.504 e. The lowest BCUT2D eigenvalue weighted by Crippen LogP contribution is -2.37. The Morgan fingerprint density at radius 3 is 2.67 bits per heavy atom. The molecule has 18 heavy (non-hydrogen) atoms. The van der Waals surface area contributed by atoms with E-state index in [1.807, 2.05) is 6.07 Å². The Kier molecular flexibility index (Phi) is 4.31. The number of aromatic hydroxyl groups is 1. The van der Waals surface area contributed by atoms with Gasteiger partial charge in [-0.2, -0.15) is 0 Å². The van der Waals surface area contributed by atoms with Crippen LogP contribution in [0.4, 0.5) is 5.69 Å². The van der Waals surface area contributed by atoms with E-state index >= 15 is 0 Å². The molecular weight excluding hydrogens is 230 g/mol. The maximum absolute atomic E-state index is 9.75. The normalized spacial score (nSPS) is 23.7. The summed E-state index contributed by atoms with van der Waals surface area (Å²) in [5.74, 6) is 0.653. The molecule has 4 heteroatoms. The molecule has 0 saturated heterocycles. The molecule has 0 aromatic heterocycles. The van der Waals surface area contributed by atoms with Gasteiger partial charge in [0.2, 0.25) is 0 Å².